The second-order valence-electron chi connectivity index (χ2n) is 17.4. The molecule has 7 atom stereocenters. The largest absolute Gasteiger partial charge is 0.481 e. The zero-order chi connectivity index (χ0) is 40.7. The molecule has 300 valence electrons. The van der Waals surface area contributed by atoms with E-state index < -0.39 is 53.3 Å². The molecule has 3 saturated carbocycles. The first-order valence-corrected chi connectivity index (χ1v) is 19.7. The Balaban J connectivity index is 1.05. The van der Waals surface area contributed by atoms with Crippen LogP contribution in [0.15, 0.2) is 65.6 Å². The Morgan fingerprint density at radius 3 is 2.60 bits per heavy atom. The molecule has 3 N–H and O–H groups in total. The summed E-state index contributed by atoms with van der Waals surface area (Å²) in [6, 6.07) is 13.1. The van der Waals surface area contributed by atoms with Crippen LogP contribution in [0.4, 0.5) is 24.5 Å². The third-order valence-electron chi connectivity index (χ3n) is 13.3. The van der Waals surface area contributed by atoms with Gasteiger partial charge in [0.05, 0.1) is 34.9 Å². The van der Waals surface area contributed by atoms with Crippen molar-refractivity contribution in [3.05, 3.63) is 93.8 Å². The minimum Gasteiger partial charge on any atom is -0.404 e. The fourth-order valence-corrected chi connectivity index (χ4v) is 9.93. The monoisotopic (exact) mass is 784 g/mol. The zero-order valence-corrected chi connectivity index (χ0v) is 33.0. The quantitative estimate of drug-likeness (QED) is 0.145. The number of aromatic nitrogens is 3. The number of benzene rings is 2. The summed E-state index contributed by atoms with van der Waals surface area (Å²) in [6.07, 6.45) is -0.804. The summed E-state index contributed by atoms with van der Waals surface area (Å²) >= 11 is 0. The molecule has 4 aromatic rings. The smallest absolute Gasteiger partial charge is 0.404 e. The van der Waals surface area contributed by atoms with Crippen LogP contribution in [0.2, 0.25) is 0 Å². The van der Waals surface area contributed by atoms with Crippen molar-refractivity contribution in [3.8, 4) is 0 Å². The molecule has 2 aromatic carbocycles. The van der Waals surface area contributed by atoms with Crippen molar-refractivity contribution in [1.82, 2.24) is 19.9 Å². The molecule has 4 heterocycles. The number of aryl methyl sites for hydroxylation is 1. The van der Waals surface area contributed by atoms with Gasteiger partial charge >= 0.3 is 13.3 Å². The molecule has 15 heteroatoms. The van der Waals surface area contributed by atoms with Crippen LogP contribution < -0.4 is 21.5 Å². The number of carbonyl (C=O) groups is 2. The maximum atomic E-state index is 14.4. The molecule has 2 amide bonds. The van der Waals surface area contributed by atoms with Crippen LogP contribution in [0.25, 0.3) is 10.9 Å². The minimum atomic E-state index is -4.52. The fourth-order valence-electron chi connectivity index (χ4n) is 9.93. The Kier molecular flexibility index (Phi) is 9.58. The Morgan fingerprint density at radius 2 is 1.86 bits per heavy atom. The van der Waals surface area contributed by atoms with E-state index in [9.17, 15) is 27.6 Å². The van der Waals surface area contributed by atoms with Crippen LogP contribution in [0.1, 0.15) is 95.4 Å². The maximum absolute atomic E-state index is 14.4. The minimum absolute atomic E-state index is 0.00998. The Bertz CT molecular complexity index is 2320. The molecule has 2 bridgehead atoms. The number of hydrogen-bond donors (Lipinski definition) is 3. The average molecular weight is 785 g/mol. The summed E-state index contributed by atoms with van der Waals surface area (Å²) in [5, 5.41) is 9.90. The van der Waals surface area contributed by atoms with Crippen molar-refractivity contribution >= 4 is 41.2 Å². The number of fused-ring (bicyclic) bond motifs is 2. The molecule has 3 aliphatic carbocycles. The zero-order valence-electron chi connectivity index (χ0n) is 33.0. The number of nitrogens with one attached hydrogen (secondary N) is 3. The topological polar surface area (TPSA) is 136 Å². The van der Waals surface area contributed by atoms with Crippen LogP contribution in [0.5, 0.6) is 0 Å². The van der Waals surface area contributed by atoms with Crippen molar-refractivity contribution < 1.29 is 32.1 Å². The number of carbonyl (C=O) groups excluding carboxylic acids is 2. The molecule has 2 aromatic heterocycles. The summed E-state index contributed by atoms with van der Waals surface area (Å²) in [5.41, 5.74) is -0.187. The number of rotatable bonds is 10. The van der Waals surface area contributed by atoms with E-state index in [1.54, 1.807) is 13.0 Å². The Morgan fingerprint density at radius 1 is 1.07 bits per heavy atom. The molecule has 11 nitrogen and oxygen atoms in total. The maximum Gasteiger partial charge on any atom is 0.481 e. The number of amides is 2. The third-order valence-corrected chi connectivity index (χ3v) is 13.3. The summed E-state index contributed by atoms with van der Waals surface area (Å²) < 4.78 is 54.8. The first-order valence-electron chi connectivity index (χ1n) is 19.7. The van der Waals surface area contributed by atoms with Gasteiger partial charge in [-0.3, -0.25) is 23.9 Å². The van der Waals surface area contributed by atoms with E-state index in [-0.39, 0.29) is 48.3 Å². The molecule has 0 spiro atoms. The van der Waals surface area contributed by atoms with Gasteiger partial charge in [-0.15, -0.1) is 0 Å². The molecule has 2 aliphatic heterocycles. The van der Waals surface area contributed by atoms with Crippen LogP contribution in [-0.2, 0) is 37.0 Å². The molecular weight excluding hydrogens is 736 g/mol. The lowest BCUT2D eigenvalue weighted by atomic mass is 9.43. The van der Waals surface area contributed by atoms with E-state index in [2.05, 4.69) is 46.7 Å². The predicted molar refractivity (Wildman–Crippen MR) is 210 cm³/mol. The van der Waals surface area contributed by atoms with E-state index >= 15 is 0 Å². The summed E-state index contributed by atoms with van der Waals surface area (Å²) in [7, 11) is -0.682. The van der Waals surface area contributed by atoms with Crippen molar-refractivity contribution in [3.63, 3.8) is 0 Å². The number of pyridine rings is 1. The van der Waals surface area contributed by atoms with Gasteiger partial charge in [-0.25, -0.2) is 4.98 Å². The van der Waals surface area contributed by atoms with Gasteiger partial charge in [0.2, 0.25) is 11.8 Å². The number of halogens is 3. The molecular formula is C42H48BF3N6O5. The second kappa shape index (κ2) is 14.0. The fraction of sp³-hybridized carbons (Fsp3) is 0.500. The van der Waals surface area contributed by atoms with E-state index in [4.69, 9.17) is 9.31 Å². The van der Waals surface area contributed by atoms with E-state index in [0.717, 1.165) is 41.6 Å². The third kappa shape index (κ3) is 6.90. The highest BCUT2D eigenvalue weighted by atomic mass is 19.4. The lowest BCUT2D eigenvalue weighted by molar-refractivity contribution is -0.199. The number of anilines is 2. The number of nitrogens with zero attached hydrogens (tertiary/aromatic N) is 3. The van der Waals surface area contributed by atoms with Gasteiger partial charge in [-0.2, -0.15) is 13.2 Å². The second-order valence-corrected chi connectivity index (χ2v) is 17.4. The van der Waals surface area contributed by atoms with Crippen LogP contribution in [0, 0.1) is 24.2 Å². The summed E-state index contributed by atoms with van der Waals surface area (Å²) in [6.45, 7) is 12.2. The Labute approximate surface area is 329 Å². The highest BCUT2D eigenvalue weighted by Gasteiger charge is 2.68. The number of hydrogen-bond acceptors (Lipinski definition) is 8. The van der Waals surface area contributed by atoms with Gasteiger partial charge in [0.25, 0.3) is 5.56 Å². The van der Waals surface area contributed by atoms with Crippen molar-refractivity contribution in [2.75, 3.05) is 10.6 Å². The van der Waals surface area contributed by atoms with Gasteiger partial charge < -0.3 is 25.3 Å². The lowest BCUT2D eigenvalue weighted by Crippen LogP contribution is -2.65. The highest BCUT2D eigenvalue weighted by molar-refractivity contribution is 6.47. The molecule has 0 radical (unpaired) electrons. The number of alkyl halides is 3. The van der Waals surface area contributed by atoms with E-state index in [1.807, 2.05) is 38.1 Å². The van der Waals surface area contributed by atoms with Crippen LogP contribution in [-0.4, -0.2) is 51.1 Å². The van der Waals surface area contributed by atoms with Crippen LogP contribution in [0.3, 0.4) is 0 Å². The average Bonchev–Trinajstić information content (AvgIpc) is 3.67. The molecule has 4 fully saturated rings. The molecule has 0 unspecified atom stereocenters. The first kappa shape index (κ1) is 39.1. The van der Waals surface area contributed by atoms with Gasteiger partial charge in [0, 0.05) is 35.1 Å². The molecule has 1 saturated heterocycles. The van der Waals surface area contributed by atoms with Gasteiger partial charge in [-0.05, 0) is 98.7 Å². The molecule has 9 rings (SSSR count). The van der Waals surface area contributed by atoms with E-state index in [1.165, 1.54) is 22.9 Å². The van der Waals surface area contributed by atoms with Gasteiger partial charge in [0.1, 0.15) is 17.6 Å². The van der Waals surface area contributed by atoms with E-state index in [0.29, 0.717) is 29.5 Å². The standard InChI is InChI=1S/C42H48BF3N6O5/c1-7-34(43-56-33-18-27-17-32(39(27,3)4)41(33,6)57-43)51-36(54)31-19-40(5,20-35(53)50-28-13-14-29-25(16-28)12-11-23(2)49-29)38-48-22-30(37(55)52(31)38)47-21-24-9-8-10-26(15-24)42(44,45)46/h8-16,22,27,31-34,47H,7,17-21H2,1-6H3,(H,50,53)(H,51,54)/t27-,31-,32-,33+,34-,40-,41-/m0/s1. The first-order chi connectivity index (χ1) is 26.9. The normalized spacial score (nSPS) is 27.6. The predicted octanol–water partition coefficient (Wildman–Crippen LogP) is 7.12. The van der Waals surface area contributed by atoms with Crippen molar-refractivity contribution in [2.24, 2.45) is 17.3 Å². The highest BCUT2D eigenvalue weighted by Crippen LogP contribution is 2.65. The Hall–Kier alpha value is -4.76. The lowest BCUT2D eigenvalue weighted by Gasteiger charge is -2.64. The van der Waals surface area contributed by atoms with Crippen LogP contribution >= 0.6 is 0 Å². The molecule has 57 heavy (non-hydrogen) atoms. The van der Waals surface area contributed by atoms with Gasteiger partial charge in [0.15, 0.2) is 0 Å². The van der Waals surface area contributed by atoms with Crippen molar-refractivity contribution in [1.29, 1.82) is 0 Å². The summed E-state index contributed by atoms with van der Waals surface area (Å²) in [5.74, 6) is -0.145. The SMILES string of the molecule is CC[C@H](NC(=O)[C@@H]1C[C@@](C)(CC(=O)Nc2ccc3nc(C)ccc3c2)c2ncc(NCc3cccc(C(F)(F)F)c3)c(=O)n21)B1O[C@@H]2C[C@@H]3C[C@@H](C3(C)C)[C@]2(C)O1. The van der Waals surface area contributed by atoms with Crippen molar-refractivity contribution in [2.45, 2.75) is 115 Å². The van der Waals surface area contributed by atoms with Gasteiger partial charge in [-0.1, -0.05) is 45.9 Å². The molecule has 5 aliphatic rings. The summed E-state index contributed by atoms with van der Waals surface area (Å²) in [4.78, 5) is 51.6.